The number of aromatic nitrogens is 2. The minimum absolute atomic E-state index is 0.460. The molecule has 0 aliphatic carbocycles. The summed E-state index contributed by atoms with van der Waals surface area (Å²) in [4.78, 5) is 8.29. The van der Waals surface area contributed by atoms with Gasteiger partial charge in [-0.1, -0.05) is 30.1 Å². The van der Waals surface area contributed by atoms with Crippen LogP contribution in [0.25, 0.3) is 0 Å². The number of hydrogen-bond donors (Lipinski definition) is 1. The highest BCUT2D eigenvalue weighted by Crippen LogP contribution is 2.24. The number of pyridine rings is 2. The van der Waals surface area contributed by atoms with Crippen LogP contribution in [0.3, 0.4) is 0 Å². The summed E-state index contributed by atoms with van der Waals surface area (Å²) in [5, 5.41) is 4.29. The maximum atomic E-state index is 6.07. The Hall–Kier alpha value is -1.36. The molecule has 0 saturated heterocycles. The number of ether oxygens (including phenoxy) is 1. The van der Waals surface area contributed by atoms with Crippen molar-refractivity contribution >= 4 is 23.2 Å². The van der Waals surface area contributed by atoms with Gasteiger partial charge in [0.2, 0.25) is 5.88 Å². The molecule has 0 spiro atoms. The highest BCUT2D eigenvalue weighted by Gasteiger charge is 2.06. The molecule has 0 fully saturated rings. The maximum Gasteiger partial charge on any atom is 0.219 e. The molecule has 0 aromatic carbocycles. The molecule has 19 heavy (non-hydrogen) atoms. The van der Waals surface area contributed by atoms with Crippen molar-refractivity contribution in [2.75, 3.05) is 6.54 Å². The number of rotatable bonds is 5. The number of hydrogen-bond acceptors (Lipinski definition) is 4. The zero-order chi connectivity index (χ0) is 13.7. The van der Waals surface area contributed by atoms with Gasteiger partial charge < -0.3 is 10.1 Å². The molecule has 0 atom stereocenters. The lowest BCUT2D eigenvalue weighted by Crippen LogP contribution is -2.13. The molecule has 0 radical (unpaired) electrons. The lowest BCUT2D eigenvalue weighted by molar-refractivity contribution is 0.457. The maximum absolute atomic E-state index is 6.07. The van der Waals surface area contributed by atoms with E-state index in [-0.39, 0.29) is 0 Å². The third kappa shape index (κ3) is 4.06. The van der Waals surface area contributed by atoms with Crippen molar-refractivity contribution < 1.29 is 4.74 Å². The van der Waals surface area contributed by atoms with Crippen LogP contribution in [0.2, 0.25) is 10.0 Å². The molecule has 4 nitrogen and oxygen atoms in total. The molecule has 0 amide bonds. The van der Waals surface area contributed by atoms with Crippen LogP contribution in [0.5, 0.6) is 11.6 Å². The Balaban J connectivity index is 2.16. The second-order valence-electron chi connectivity index (χ2n) is 3.80. The van der Waals surface area contributed by atoms with Crippen molar-refractivity contribution in [1.29, 1.82) is 0 Å². The van der Waals surface area contributed by atoms with Gasteiger partial charge in [0.1, 0.15) is 5.75 Å². The summed E-state index contributed by atoms with van der Waals surface area (Å²) >= 11 is 11.9. The summed E-state index contributed by atoms with van der Waals surface area (Å²) in [6.07, 6.45) is 3.12. The van der Waals surface area contributed by atoms with Crippen LogP contribution in [0.4, 0.5) is 0 Å². The minimum Gasteiger partial charge on any atom is -0.437 e. The Morgan fingerprint density at radius 3 is 2.84 bits per heavy atom. The molecular weight excluding hydrogens is 285 g/mol. The van der Waals surface area contributed by atoms with E-state index in [2.05, 4.69) is 15.3 Å². The Morgan fingerprint density at radius 1 is 1.26 bits per heavy atom. The summed E-state index contributed by atoms with van der Waals surface area (Å²) in [6, 6.07) is 5.14. The first-order chi connectivity index (χ1) is 9.19. The van der Waals surface area contributed by atoms with Gasteiger partial charge in [-0.2, -0.15) is 0 Å². The van der Waals surface area contributed by atoms with Crippen LogP contribution in [-0.2, 0) is 6.54 Å². The van der Waals surface area contributed by atoms with Crippen molar-refractivity contribution in [1.82, 2.24) is 15.3 Å². The van der Waals surface area contributed by atoms with E-state index in [1.807, 2.05) is 6.92 Å². The molecule has 0 saturated carbocycles. The zero-order valence-electron chi connectivity index (χ0n) is 10.4. The van der Waals surface area contributed by atoms with Gasteiger partial charge in [-0.15, -0.1) is 0 Å². The monoisotopic (exact) mass is 297 g/mol. The van der Waals surface area contributed by atoms with Gasteiger partial charge in [0.25, 0.3) is 0 Å². The molecule has 100 valence electrons. The second-order valence-corrected chi connectivity index (χ2v) is 4.64. The molecule has 2 aromatic rings. The van der Waals surface area contributed by atoms with Crippen molar-refractivity contribution in [2.45, 2.75) is 13.5 Å². The van der Waals surface area contributed by atoms with Gasteiger partial charge in [0.15, 0.2) is 0 Å². The second kappa shape index (κ2) is 6.70. The first-order valence-corrected chi connectivity index (χ1v) is 6.59. The normalized spacial score (nSPS) is 10.5. The van der Waals surface area contributed by atoms with Crippen molar-refractivity contribution in [3.63, 3.8) is 0 Å². The van der Waals surface area contributed by atoms with Crippen LogP contribution in [0.15, 0.2) is 30.6 Å². The summed E-state index contributed by atoms with van der Waals surface area (Å²) in [7, 11) is 0. The van der Waals surface area contributed by atoms with E-state index in [1.54, 1.807) is 30.6 Å². The molecule has 2 heterocycles. The quantitative estimate of drug-likeness (QED) is 0.914. The van der Waals surface area contributed by atoms with Gasteiger partial charge in [-0.05, 0) is 12.6 Å². The average molecular weight is 298 g/mol. The van der Waals surface area contributed by atoms with E-state index in [0.717, 1.165) is 12.2 Å². The smallest absolute Gasteiger partial charge is 0.219 e. The molecular formula is C13H13Cl2N3O. The van der Waals surface area contributed by atoms with Crippen LogP contribution >= 0.6 is 23.2 Å². The molecule has 0 aliphatic rings. The van der Waals surface area contributed by atoms with Crippen molar-refractivity contribution in [2.24, 2.45) is 0 Å². The Labute approximate surface area is 121 Å². The lowest BCUT2D eigenvalue weighted by atomic mass is 10.3. The highest BCUT2D eigenvalue weighted by atomic mass is 35.5. The molecule has 0 unspecified atom stereocenters. The van der Waals surface area contributed by atoms with E-state index in [9.17, 15) is 0 Å². The SMILES string of the molecule is CCNCc1nc(Oc2cncc(Cl)c2)ccc1Cl. The van der Waals surface area contributed by atoms with Crippen molar-refractivity contribution in [3.8, 4) is 11.6 Å². The number of nitrogens with one attached hydrogen (secondary N) is 1. The van der Waals surface area contributed by atoms with Crippen LogP contribution in [0, 0.1) is 0 Å². The predicted octanol–water partition coefficient (Wildman–Crippen LogP) is 3.69. The first-order valence-electron chi connectivity index (χ1n) is 5.83. The van der Waals surface area contributed by atoms with E-state index in [1.165, 1.54) is 0 Å². The predicted molar refractivity (Wildman–Crippen MR) is 75.9 cm³/mol. The fraction of sp³-hybridized carbons (Fsp3) is 0.231. The zero-order valence-corrected chi connectivity index (χ0v) is 11.9. The Kier molecular flexibility index (Phi) is 4.96. The van der Waals surface area contributed by atoms with E-state index < -0.39 is 0 Å². The summed E-state index contributed by atoms with van der Waals surface area (Å²) in [5.41, 5.74) is 0.746. The van der Waals surface area contributed by atoms with E-state index >= 15 is 0 Å². The Bertz CT molecular complexity index is 563. The summed E-state index contributed by atoms with van der Waals surface area (Å²) < 4.78 is 5.59. The average Bonchev–Trinajstić information content (AvgIpc) is 2.39. The highest BCUT2D eigenvalue weighted by molar-refractivity contribution is 6.31. The van der Waals surface area contributed by atoms with Gasteiger partial charge in [0.05, 0.1) is 21.9 Å². The van der Waals surface area contributed by atoms with Crippen LogP contribution in [0.1, 0.15) is 12.6 Å². The largest absolute Gasteiger partial charge is 0.437 e. The molecule has 2 aromatic heterocycles. The fourth-order valence-electron chi connectivity index (χ4n) is 1.46. The summed E-state index contributed by atoms with van der Waals surface area (Å²) in [5.74, 6) is 0.998. The lowest BCUT2D eigenvalue weighted by Gasteiger charge is -2.08. The van der Waals surface area contributed by atoms with Gasteiger partial charge in [-0.3, -0.25) is 4.98 Å². The van der Waals surface area contributed by atoms with Gasteiger partial charge >= 0.3 is 0 Å². The molecule has 0 bridgehead atoms. The van der Waals surface area contributed by atoms with Crippen LogP contribution < -0.4 is 10.1 Å². The third-order valence-electron chi connectivity index (χ3n) is 2.34. The van der Waals surface area contributed by atoms with Gasteiger partial charge in [-0.25, -0.2) is 4.98 Å². The van der Waals surface area contributed by atoms with E-state index in [0.29, 0.717) is 28.2 Å². The van der Waals surface area contributed by atoms with E-state index in [4.69, 9.17) is 27.9 Å². The summed E-state index contributed by atoms with van der Waals surface area (Å²) in [6.45, 7) is 3.47. The molecule has 6 heteroatoms. The van der Waals surface area contributed by atoms with Crippen molar-refractivity contribution in [3.05, 3.63) is 46.3 Å². The Morgan fingerprint density at radius 2 is 2.11 bits per heavy atom. The van der Waals surface area contributed by atoms with Crippen LogP contribution in [-0.4, -0.2) is 16.5 Å². The third-order valence-corrected chi connectivity index (χ3v) is 2.89. The first kappa shape index (κ1) is 14.1. The molecule has 0 aliphatic heterocycles. The minimum atomic E-state index is 0.460. The number of nitrogens with zero attached hydrogens (tertiary/aromatic N) is 2. The number of halogens is 2. The topological polar surface area (TPSA) is 47.0 Å². The standard InChI is InChI=1S/C13H13Cl2N3O/c1-2-16-8-12-11(15)3-4-13(18-12)19-10-5-9(14)6-17-7-10/h3-7,16H,2,8H2,1H3. The van der Waals surface area contributed by atoms with Gasteiger partial charge in [0, 0.05) is 24.9 Å². The fourth-order valence-corrected chi connectivity index (χ4v) is 1.79. The molecule has 1 N–H and O–H groups in total. The molecule has 2 rings (SSSR count).